The molecule has 0 saturated heterocycles. The van der Waals surface area contributed by atoms with Crippen LogP contribution in [0.4, 0.5) is 4.79 Å². The molecule has 2 N–H and O–H groups in total. The molecule has 0 radical (unpaired) electrons. The van der Waals surface area contributed by atoms with Gasteiger partial charge in [-0.3, -0.25) is 4.79 Å². The Morgan fingerprint density at radius 1 is 1.53 bits per heavy atom. The largest absolute Gasteiger partial charge is 0.480 e. The van der Waals surface area contributed by atoms with Crippen molar-refractivity contribution in [1.82, 2.24) is 10.2 Å². The van der Waals surface area contributed by atoms with Crippen LogP contribution in [-0.2, 0) is 4.79 Å². The number of nitrogens with zero attached hydrogens (tertiary/aromatic N) is 1. The average Bonchev–Trinajstić information content (AvgIpc) is 2.76. The molecule has 2 atom stereocenters. The van der Waals surface area contributed by atoms with Gasteiger partial charge in [0.25, 0.3) is 0 Å². The Morgan fingerprint density at radius 3 is 2.84 bits per heavy atom. The maximum Gasteiger partial charge on any atom is 0.323 e. The van der Waals surface area contributed by atoms with Crippen molar-refractivity contribution in [2.75, 3.05) is 18.8 Å². The van der Waals surface area contributed by atoms with Crippen LogP contribution in [0, 0.1) is 0 Å². The van der Waals surface area contributed by atoms with Crippen molar-refractivity contribution >= 4 is 23.8 Å². The summed E-state index contributed by atoms with van der Waals surface area (Å²) >= 11 is 1.86. The molecular weight excluding hydrogens is 264 g/mol. The Hall–Kier alpha value is -1.17. The molecule has 2 unspecified atom stereocenters. The minimum Gasteiger partial charge on any atom is -0.480 e. The maximum absolute atomic E-state index is 12.1. The van der Waals surface area contributed by atoms with Crippen molar-refractivity contribution in [1.29, 1.82) is 0 Å². The van der Waals surface area contributed by atoms with Crippen molar-refractivity contribution in [2.24, 2.45) is 0 Å². The Labute approximate surface area is 118 Å². The summed E-state index contributed by atoms with van der Waals surface area (Å²) in [5.74, 6) is 0.0191. The van der Waals surface area contributed by atoms with Crippen LogP contribution < -0.4 is 5.32 Å². The van der Waals surface area contributed by atoms with Crippen molar-refractivity contribution in [2.45, 2.75) is 37.5 Å². The van der Waals surface area contributed by atoms with E-state index in [2.05, 4.69) is 18.8 Å². The second-order valence-electron chi connectivity index (χ2n) is 4.54. The van der Waals surface area contributed by atoms with Crippen LogP contribution in [0.3, 0.4) is 0 Å². The van der Waals surface area contributed by atoms with Gasteiger partial charge in [-0.25, -0.2) is 4.79 Å². The van der Waals surface area contributed by atoms with Gasteiger partial charge in [-0.2, -0.15) is 11.8 Å². The van der Waals surface area contributed by atoms with Gasteiger partial charge < -0.3 is 15.3 Å². The Bertz CT molecular complexity index is 336. The summed E-state index contributed by atoms with van der Waals surface area (Å²) in [6.45, 7) is 5.61. The van der Waals surface area contributed by atoms with Gasteiger partial charge in [-0.15, -0.1) is 6.58 Å². The van der Waals surface area contributed by atoms with E-state index in [1.54, 1.807) is 0 Å². The smallest absolute Gasteiger partial charge is 0.323 e. The monoisotopic (exact) mass is 286 g/mol. The van der Waals surface area contributed by atoms with Crippen LogP contribution in [0.1, 0.15) is 26.2 Å². The van der Waals surface area contributed by atoms with E-state index in [4.69, 9.17) is 5.11 Å². The highest BCUT2D eigenvalue weighted by Gasteiger charge is 2.29. The molecule has 19 heavy (non-hydrogen) atoms. The number of carbonyl (C=O) groups excluding carboxylic acids is 1. The Balaban J connectivity index is 2.54. The van der Waals surface area contributed by atoms with Crippen LogP contribution >= 0.6 is 11.8 Å². The van der Waals surface area contributed by atoms with Gasteiger partial charge >= 0.3 is 12.0 Å². The van der Waals surface area contributed by atoms with Crippen LogP contribution in [0.25, 0.3) is 0 Å². The number of rotatable bonds is 7. The van der Waals surface area contributed by atoms with Crippen molar-refractivity contribution in [3.8, 4) is 0 Å². The number of aliphatic carboxylic acids is 1. The van der Waals surface area contributed by atoms with Crippen LogP contribution in [-0.4, -0.2) is 52.1 Å². The molecule has 0 spiro atoms. The zero-order chi connectivity index (χ0) is 14.3. The minimum absolute atomic E-state index is 0.151. The number of carbonyl (C=O) groups is 2. The third-order valence-corrected chi connectivity index (χ3v) is 4.43. The van der Waals surface area contributed by atoms with Gasteiger partial charge in [-0.1, -0.05) is 19.4 Å². The number of urea groups is 1. The maximum atomic E-state index is 12.1. The molecule has 2 amide bonds. The lowest BCUT2D eigenvalue weighted by Gasteiger charge is -2.25. The zero-order valence-corrected chi connectivity index (χ0v) is 12.1. The molecule has 1 aliphatic carbocycles. The van der Waals surface area contributed by atoms with E-state index in [-0.39, 0.29) is 25.2 Å². The van der Waals surface area contributed by atoms with E-state index in [1.165, 1.54) is 11.0 Å². The number of hydrogen-bond acceptors (Lipinski definition) is 3. The Morgan fingerprint density at radius 2 is 2.26 bits per heavy atom. The van der Waals surface area contributed by atoms with Crippen LogP contribution in [0.5, 0.6) is 0 Å². The van der Waals surface area contributed by atoms with Crippen LogP contribution in [0.15, 0.2) is 12.7 Å². The molecule has 0 aromatic rings. The zero-order valence-electron chi connectivity index (χ0n) is 11.3. The molecule has 1 rings (SSSR count). The highest BCUT2D eigenvalue weighted by Crippen LogP contribution is 2.29. The van der Waals surface area contributed by atoms with Gasteiger partial charge in [0, 0.05) is 17.8 Å². The molecule has 1 fully saturated rings. The van der Waals surface area contributed by atoms with E-state index in [0.717, 1.165) is 25.0 Å². The highest BCUT2D eigenvalue weighted by molar-refractivity contribution is 7.99. The first kappa shape index (κ1) is 15.9. The number of carboxylic acids is 1. The van der Waals surface area contributed by atoms with Gasteiger partial charge in [0.2, 0.25) is 0 Å². The van der Waals surface area contributed by atoms with E-state index in [9.17, 15) is 9.59 Å². The summed E-state index contributed by atoms with van der Waals surface area (Å²) in [5, 5.41) is 12.2. The molecule has 1 saturated carbocycles. The number of thioether (sulfide) groups is 1. The SMILES string of the molecule is C=CCN(CC(=O)O)C(=O)NC1CCCC1SCC. The van der Waals surface area contributed by atoms with Crippen molar-refractivity contribution in [3.05, 3.63) is 12.7 Å². The standard InChI is InChI=1S/C13H22N2O3S/c1-3-8-15(9-12(16)17)13(18)14-10-6-5-7-11(10)19-4-2/h3,10-11H,1,4-9H2,2H3,(H,14,18)(H,16,17). The molecule has 0 aliphatic heterocycles. The fourth-order valence-corrected chi connectivity index (χ4v) is 3.49. The third kappa shape index (κ3) is 5.14. The molecule has 6 heteroatoms. The molecule has 0 heterocycles. The summed E-state index contributed by atoms with van der Waals surface area (Å²) in [5.41, 5.74) is 0. The lowest BCUT2D eigenvalue weighted by molar-refractivity contribution is -0.137. The van der Waals surface area contributed by atoms with E-state index < -0.39 is 5.97 Å². The lowest BCUT2D eigenvalue weighted by atomic mass is 10.2. The first-order valence-corrected chi connectivity index (χ1v) is 7.63. The van der Waals surface area contributed by atoms with Gasteiger partial charge in [0.15, 0.2) is 0 Å². The first-order valence-electron chi connectivity index (χ1n) is 6.58. The molecule has 0 aromatic carbocycles. The predicted octanol–water partition coefficient (Wildman–Crippen LogP) is 1.94. The fourth-order valence-electron chi connectivity index (χ4n) is 2.29. The number of nitrogens with one attached hydrogen (secondary N) is 1. The molecule has 1 aliphatic rings. The Kier molecular flexibility index (Phi) is 6.77. The second-order valence-corrected chi connectivity index (χ2v) is 6.06. The predicted molar refractivity (Wildman–Crippen MR) is 77.5 cm³/mol. The van der Waals surface area contributed by atoms with E-state index >= 15 is 0 Å². The fraction of sp³-hybridized carbons (Fsp3) is 0.692. The van der Waals surface area contributed by atoms with Crippen LogP contribution in [0.2, 0.25) is 0 Å². The lowest BCUT2D eigenvalue weighted by Crippen LogP contribution is -2.48. The van der Waals surface area contributed by atoms with Crippen molar-refractivity contribution < 1.29 is 14.7 Å². The third-order valence-electron chi connectivity index (χ3n) is 3.10. The highest BCUT2D eigenvalue weighted by atomic mass is 32.2. The number of hydrogen-bond donors (Lipinski definition) is 2. The number of amides is 2. The van der Waals surface area contributed by atoms with Gasteiger partial charge in [-0.05, 0) is 18.6 Å². The summed E-state index contributed by atoms with van der Waals surface area (Å²) in [7, 11) is 0. The topological polar surface area (TPSA) is 69.6 Å². The summed E-state index contributed by atoms with van der Waals surface area (Å²) in [6, 6.07) is -0.158. The molecule has 5 nitrogen and oxygen atoms in total. The minimum atomic E-state index is -1.01. The summed E-state index contributed by atoms with van der Waals surface area (Å²) in [6.07, 6.45) is 4.74. The first-order chi connectivity index (χ1) is 9.08. The van der Waals surface area contributed by atoms with Crippen molar-refractivity contribution in [3.63, 3.8) is 0 Å². The average molecular weight is 286 g/mol. The summed E-state index contributed by atoms with van der Waals surface area (Å²) < 4.78 is 0. The molecular formula is C13H22N2O3S. The van der Waals surface area contributed by atoms with Gasteiger partial charge in [0.1, 0.15) is 6.54 Å². The molecule has 0 aromatic heterocycles. The van der Waals surface area contributed by atoms with Gasteiger partial charge in [0.05, 0.1) is 0 Å². The summed E-state index contributed by atoms with van der Waals surface area (Å²) in [4.78, 5) is 24.1. The number of carboxylic acid groups (broad SMARTS) is 1. The van der Waals surface area contributed by atoms with E-state index in [1.807, 2.05) is 11.8 Å². The second kappa shape index (κ2) is 8.09. The van der Waals surface area contributed by atoms with E-state index in [0.29, 0.717) is 5.25 Å². The molecule has 108 valence electrons. The normalized spacial score (nSPS) is 21.9. The quantitative estimate of drug-likeness (QED) is 0.702. The molecule has 0 bridgehead atoms.